The molecule has 1 N–H and O–H groups in total. The highest BCUT2D eigenvalue weighted by Crippen LogP contribution is 2.29. The van der Waals surface area contributed by atoms with Crippen molar-refractivity contribution in [2.24, 2.45) is 0 Å². The largest absolute Gasteiger partial charge is 0.461 e. The van der Waals surface area contributed by atoms with Gasteiger partial charge in [-0.2, -0.15) is 8.78 Å². The third-order valence-electron chi connectivity index (χ3n) is 3.96. The molecule has 0 bridgehead atoms. The van der Waals surface area contributed by atoms with Crippen molar-refractivity contribution in [2.75, 3.05) is 18.2 Å². The van der Waals surface area contributed by atoms with E-state index >= 15 is 0 Å². The number of amides is 1. The second kappa shape index (κ2) is 10.4. The standard InChI is InChI=1S/C20H16ClF2N3O5S/c1-10-16(18(32-2)26-17(24-10)14-4-3-7-29-14)19(28)30-9-15(27)25-11-5-6-13(12(21)8-11)31-20(22)23/h3-8,20H,9H2,1-2H3,(H,25,27). The van der Waals surface area contributed by atoms with E-state index in [0.717, 1.165) is 0 Å². The fourth-order valence-electron chi connectivity index (χ4n) is 2.62. The van der Waals surface area contributed by atoms with Crippen LogP contribution in [0.5, 0.6) is 5.75 Å². The maximum absolute atomic E-state index is 12.6. The van der Waals surface area contributed by atoms with Crippen LogP contribution in [0.3, 0.4) is 0 Å². The minimum absolute atomic E-state index is 0.117. The summed E-state index contributed by atoms with van der Waals surface area (Å²) in [6.45, 7) is -2.01. The summed E-state index contributed by atoms with van der Waals surface area (Å²) in [4.78, 5) is 33.3. The fraction of sp³-hybridized carbons (Fsp3) is 0.200. The molecule has 0 radical (unpaired) electrons. The summed E-state index contributed by atoms with van der Waals surface area (Å²) in [5, 5.41) is 2.70. The number of alkyl halides is 2. The predicted octanol–water partition coefficient (Wildman–Crippen LogP) is 4.82. The number of aromatic nitrogens is 2. The van der Waals surface area contributed by atoms with Crippen LogP contribution in [0.1, 0.15) is 16.1 Å². The zero-order valence-corrected chi connectivity index (χ0v) is 18.3. The number of hydrogen-bond donors (Lipinski definition) is 1. The highest BCUT2D eigenvalue weighted by molar-refractivity contribution is 7.98. The quantitative estimate of drug-likeness (QED) is 0.276. The second-order valence-electron chi connectivity index (χ2n) is 6.14. The number of anilines is 1. The molecule has 3 rings (SSSR count). The number of nitrogens with zero attached hydrogens (tertiary/aromatic N) is 2. The SMILES string of the molecule is CSc1nc(-c2ccco2)nc(C)c1C(=O)OCC(=O)Nc1ccc(OC(F)F)c(Cl)c1. The molecule has 32 heavy (non-hydrogen) atoms. The molecule has 1 aromatic carbocycles. The van der Waals surface area contributed by atoms with Gasteiger partial charge in [-0.25, -0.2) is 14.8 Å². The molecule has 2 aromatic heterocycles. The summed E-state index contributed by atoms with van der Waals surface area (Å²) in [6.07, 6.45) is 3.22. The lowest BCUT2D eigenvalue weighted by Gasteiger charge is -2.12. The van der Waals surface area contributed by atoms with Crippen LogP contribution in [-0.2, 0) is 9.53 Å². The van der Waals surface area contributed by atoms with Gasteiger partial charge in [0.1, 0.15) is 16.3 Å². The number of furan rings is 1. The average Bonchev–Trinajstić information content (AvgIpc) is 3.28. The number of hydrogen-bond acceptors (Lipinski definition) is 8. The number of halogens is 3. The summed E-state index contributed by atoms with van der Waals surface area (Å²) < 4.78 is 39.2. The number of thioether (sulfide) groups is 1. The van der Waals surface area contributed by atoms with Crippen molar-refractivity contribution in [1.82, 2.24) is 9.97 Å². The minimum atomic E-state index is -3.03. The lowest BCUT2D eigenvalue weighted by molar-refractivity contribution is -0.119. The van der Waals surface area contributed by atoms with Gasteiger partial charge in [-0.3, -0.25) is 4.79 Å². The van der Waals surface area contributed by atoms with Gasteiger partial charge in [-0.15, -0.1) is 11.8 Å². The van der Waals surface area contributed by atoms with Crippen LogP contribution < -0.4 is 10.1 Å². The molecule has 0 fully saturated rings. The molecule has 2 heterocycles. The van der Waals surface area contributed by atoms with Crippen molar-refractivity contribution in [2.45, 2.75) is 18.6 Å². The molecule has 12 heteroatoms. The number of benzene rings is 1. The summed E-state index contributed by atoms with van der Waals surface area (Å²) >= 11 is 7.07. The molecule has 0 saturated heterocycles. The van der Waals surface area contributed by atoms with E-state index in [-0.39, 0.29) is 22.0 Å². The van der Waals surface area contributed by atoms with Crippen LogP contribution in [-0.4, -0.2) is 41.3 Å². The lowest BCUT2D eigenvalue weighted by atomic mass is 10.2. The van der Waals surface area contributed by atoms with E-state index in [0.29, 0.717) is 22.3 Å². The van der Waals surface area contributed by atoms with Crippen molar-refractivity contribution in [3.05, 3.63) is 52.9 Å². The van der Waals surface area contributed by atoms with Gasteiger partial charge >= 0.3 is 12.6 Å². The first-order chi connectivity index (χ1) is 15.3. The Hall–Kier alpha value is -3.18. The highest BCUT2D eigenvalue weighted by Gasteiger charge is 2.22. The van der Waals surface area contributed by atoms with Crippen LogP contribution in [0.2, 0.25) is 5.02 Å². The molecule has 0 aliphatic heterocycles. The smallest absolute Gasteiger partial charge is 0.387 e. The normalized spacial score (nSPS) is 10.8. The molecule has 0 aliphatic rings. The zero-order chi connectivity index (χ0) is 23.3. The third kappa shape index (κ3) is 5.74. The van der Waals surface area contributed by atoms with Crippen molar-refractivity contribution < 1.29 is 32.3 Å². The number of carbonyl (C=O) groups is 2. The van der Waals surface area contributed by atoms with Gasteiger partial charge in [0.2, 0.25) is 0 Å². The van der Waals surface area contributed by atoms with Crippen LogP contribution in [0, 0.1) is 6.92 Å². The van der Waals surface area contributed by atoms with E-state index in [1.165, 1.54) is 36.2 Å². The number of nitrogens with one attached hydrogen (secondary N) is 1. The van der Waals surface area contributed by atoms with Crippen LogP contribution in [0.15, 0.2) is 46.0 Å². The van der Waals surface area contributed by atoms with Crippen LogP contribution in [0.4, 0.5) is 14.5 Å². The van der Waals surface area contributed by atoms with E-state index in [1.54, 1.807) is 25.3 Å². The number of rotatable bonds is 8. The van der Waals surface area contributed by atoms with Gasteiger partial charge in [0.25, 0.3) is 5.91 Å². The molecule has 168 valence electrons. The van der Waals surface area contributed by atoms with Crippen molar-refractivity contribution >= 4 is 40.9 Å². The molecular formula is C20H16ClF2N3O5S. The molecule has 1 amide bonds. The van der Waals surface area contributed by atoms with Crippen LogP contribution in [0.25, 0.3) is 11.6 Å². The van der Waals surface area contributed by atoms with Gasteiger partial charge in [-0.05, 0) is 43.5 Å². The maximum atomic E-state index is 12.6. The van der Waals surface area contributed by atoms with Gasteiger partial charge in [0.05, 0.1) is 17.0 Å². The number of aryl methyl sites for hydroxylation is 1. The van der Waals surface area contributed by atoms with E-state index in [2.05, 4.69) is 20.0 Å². The highest BCUT2D eigenvalue weighted by atomic mass is 35.5. The Labute approximate surface area is 190 Å². The number of esters is 1. The lowest BCUT2D eigenvalue weighted by Crippen LogP contribution is -2.22. The molecule has 8 nitrogen and oxygen atoms in total. The van der Waals surface area contributed by atoms with Gasteiger partial charge in [-0.1, -0.05) is 11.6 Å². The van der Waals surface area contributed by atoms with E-state index in [4.69, 9.17) is 20.8 Å². The first-order valence-corrected chi connectivity index (χ1v) is 10.6. The fourth-order valence-corrected chi connectivity index (χ4v) is 3.45. The van der Waals surface area contributed by atoms with Crippen molar-refractivity contribution in [3.8, 4) is 17.3 Å². The topological polar surface area (TPSA) is 104 Å². The second-order valence-corrected chi connectivity index (χ2v) is 7.34. The summed E-state index contributed by atoms with van der Waals surface area (Å²) in [5.74, 6) is -0.891. The molecular weight excluding hydrogens is 468 g/mol. The first kappa shape index (κ1) is 23.5. The van der Waals surface area contributed by atoms with Gasteiger partial charge < -0.3 is 19.2 Å². The Kier molecular flexibility index (Phi) is 7.65. The summed E-state index contributed by atoms with van der Waals surface area (Å²) in [7, 11) is 0. The van der Waals surface area contributed by atoms with Crippen LogP contribution >= 0.6 is 23.4 Å². The number of ether oxygens (including phenoxy) is 2. The maximum Gasteiger partial charge on any atom is 0.387 e. The minimum Gasteiger partial charge on any atom is -0.461 e. The van der Waals surface area contributed by atoms with Crippen molar-refractivity contribution in [1.29, 1.82) is 0 Å². The summed E-state index contributed by atoms with van der Waals surface area (Å²) in [6, 6.07) is 7.12. The average molecular weight is 484 g/mol. The Morgan fingerprint density at radius 3 is 2.69 bits per heavy atom. The molecule has 0 spiro atoms. The third-order valence-corrected chi connectivity index (χ3v) is 4.94. The Morgan fingerprint density at radius 1 is 1.28 bits per heavy atom. The Morgan fingerprint density at radius 2 is 2.06 bits per heavy atom. The van der Waals surface area contributed by atoms with Gasteiger partial charge in [0.15, 0.2) is 18.2 Å². The van der Waals surface area contributed by atoms with E-state index in [9.17, 15) is 18.4 Å². The van der Waals surface area contributed by atoms with Crippen molar-refractivity contribution in [3.63, 3.8) is 0 Å². The Bertz CT molecular complexity index is 1130. The predicted molar refractivity (Wildman–Crippen MR) is 113 cm³/mol. The monoisotopic (exact) mass is 483 g/mol. The molecule has 0 atom stereocenters. The molecule has 0 saturated carbocycles. The summed E-state index contributed by atoms with van der Waals surface area (Å²) in [5.41, 5.74) is 0.712. The van der Waals surface area contributed by atoms with E-state index < -0.39 is 25.1 Å². The first-order valence-electron chi connectivity index (χ1n) is 8.96. The number of carbonyl (C=O) groups excluding carboxylic acids is 2. The molecule has 0 unspecified atom stereocenters. The Balaban J connectivity index is 1.65. The van der Waals surface area contributed by atoms with Gasteiger partial charge in [0, 0.05) is 5.69 Å². The molecule has 0 aliphatic carbocycles. The molecule has 3 aromatic rings. The van der Waals surface area contributed by atoms with E-state index in [1.807, 2.05) is 0 Å². The zero-order valence-electron chi connectivity index (χ0n) is 16.7.